The van der Waals surface area contributed by atoms with Crippen LogP contribution < -0.4 is 0 Å². The van der Waals surface area contributed by atoms with Crippen LogP contribution in [0.4, 0.5) is 0 Å². The largest absolute Gasteiger partial charge is 0.309 e. The maximum Gasteiger partial charge on any atom is 0.164 e. The second-order valence-corrected chi connectivity index (χ2v) is 14.7. The third kappa shape index (κ3) is 6.22. The van der Waals surface area contributed by atoms with Crippen molar-refractivity contribution in [3.05, 3.63) is 213 Å². The van der Waals surface area contributed by atoms with Gasteiger partial charge in [-0.3, -0.25) is 4.98 Å². The first-order chi connectivity index (χ1) is 29.2. The molecule has 0 aliphatic rings. The lowest BCUT2D eigenvalue weighted by Crippen LogP contribution is -2.00. The van der Waals surface area contributed by atoms with Gasteiger partial charge in [0.05, 0.1) is 11.0 Å². The van der Waals surface area contributed by atoms with Crippen molar-refractivity contribution in [2.24, 2.45) is 0 Å². The number of benzene rings is 8. The molecule has 5 heteroatoms. The van der Waals surface area contributed by atoms with Crippen LogP contribution in [0.3, 0.4) is 0 Å². The van der Waals surface area contributed by atoms with Crippen molar-refractivity contribution in [1.82, 2.24) is 24.5 Å². The second kappa shape index (κ2) is 14.5. The predicted molar refractivity (Wildman–Crippen MR) is 242 cm³/mol. The van der Waals surface area contributed by atoms with Gasteiger partial charge < -0.3 is 4.57 Å². The summed E-state index contributed by atoms with van der Waals surface area (Å²) in [6, 6.07) is 70.4. The Morgan fingerprint density at radius 1 is 0.305 bits per heavy atom. The SMILES string of the molecule is c1ccc(-c2nc(-c3ccc(-c4cccnc4)cc3)nc(-c3ccc(-c4ccc(-c5ccc6c(c5)c5ccccc5n6-c5ccccc5)cc4)c4ccccc34)n2)cc1. The number of pyridine rings is 1. The molecule has 11 aromatic rings. The van der Waals surface area contributed by atoms with E-state index < -0.39 is 0 Å². The van der Waals surface area contributed by atoms with Gasteiger partial charge in [0.15, 0.2) is 17.5 Å². The number of hydrogen-bond acceptors (Lipinski definition) is 4. The standard InChI is InChI=1S/C54H35N5/c1-3-12-39(13-4-1)52-56-53(40-27-23-37(24-28-40)42-14-11-33-55-35-42)58-54(57-52)48-31-30-44(45-17-7-8-18-46(45)48)38-25-21-36(22-26-38)41-29-32-51-49(34-41)47-19-9-10-20-50(47)59(51)43-15-5-2-6-16-43/h1-35H. The van der Waals surface area contributed by atoms with E-state index in [-0.39, 0.29) is 0 Å². The third-order valence-corrected chi connectivity index (χ3v) is 11.2. The van der Waals surface area contributed by atoms with Crippen LogP contribution in [-0.4, -0.2) is 24.5 Å². The monoisotopic (exact) mass is 753 g/mol. The average molecular weight is 754 g/mol. The maximum atomic E-state index is 5.12. The summed E-state index contributed by atoms with van der Waals surface area (Å²) in [6.07, 6.45) is 3.66. The molecule has 0 N–H and O–H groups in total. The lowest BCUT2D eigenvalue weighted by molar-refractivity contribution is 1.08. The quantitative estimate of drug-likeness (QED) is 0.163. The van der Waals surface area contributed by atoms with Crippen molar-refractivity contribution in [2.75, 3.05) is 0 Å². The molecule has 0 unspecified atom stereocenters. The third-order valence-electron chi connectivity index (χ3n) is 11.2. The number of para-hydroxylation sites is 2. The minimum Gasteiger partial charge on any atom is -0.309 e. The smallest absolute Gasteiger partial charge is 0.164 e. The molecule has 0 spiro atoms. The van der Waals surface area contributed by atoms with Crippen LogP contribution in [0.25, 0.3) is 106 Å². The van der Waals surface area contributed by atoms with E-state index in [1.54, 1.807) is 6.20 Å². The van der Waals surface area contributed by atoms with Gasteiger partial charge in [-0.25, -0.2) is 15.0 Å². The summed E-state index contributed by atoms with van der Waals surface area (Å²) in [4.78, 5) is 19.5. The van der Waals surface area contributed by atoms with Gasteiger partial charge in [-0.15, -0.1) is 0 Å². The summed E-state index contributed by atoms with van der Waals surface area (Å²) >= 11 is 0. The Morgan fingerprint density at radius 3 is 1.53 bits per heavy atom. The van der Waals surface area contributed by atoms with Crippen LogP contribution in [0.1, 0.15) is 0 Å². The highest BCUT2D eigenvalue weighted by Crippen LogP contribution is 2.38. The topological polar surface area (TPSA) is 56.5 Å². The molecule has 0 saturated heterocycles. The second-order valence-electron chi connectivity index (χ2n) is 14.7. The zero-order valence-corrected chi connectivity index (χ0v) is 31.9. The van der Waals surface area contributed by atoms with E-state index in [0.29, 0.717) is 17.5 Å². The van der Waals surface area contributed by atoms with Crippen molar-refractivity contribution in [3.8, 4) is 73.2 Å². The Labute approximate surface area is 341 Å². The van der Waals surface area contributed by atoms with Crippen LogP contribution in [-0.2, 0) is 0 Å². The number of hydrogen-bond donors (Lipinski definition) is 0. The van der Waals surface area contributed by atoms with E-state index in [0.717, 1.165) is 55.4 Å². The van der Waals surface area contributed by atoms with Crippen molar-refractivity contribution in [3.63, 3.8) is 0 Å². The molecule has 0 fully saturated rings. The Kier molecular flexibility index (Phi) is 8.41. The first kappa shape index (κ1) is 34.2. The minimum absolute atomic E-state index is 0.623. The van der Waals surface area contributed by atoms with Crippen LogP contribution in [0.5, 0.6) is 0 Å². The Hall–Kier alpha value is -8.02. The van der Waals surface area contributed by atoms with E-state index in [1.807, 2.05) is 42.6 Å². The zero-order valence-electron chi connectivity index (χ0n) is 31.9. The van der Waals surface area contributed by atoms with Crippen LogP contribution in [0, 0.1) is 0 Å². The van der Waals surface area contributed by atoms with Crippen molar-refractivity contribution in [2.45, 2.75) is 0 Å². The number of fused-ring (bicyclic) bond motifs is 4. The van der Waals surface area contributed by atoms with Crippen LogP contribution in [0.15, 0.2) is 213 Å². The summed E-state index contributed by atoms with van der Waals surface area (Å²) in [6.45, 7) is 0. The van der Waals surface area contributed by atoms with Gasteiger partial charge >= 0.3 is 0 Å². The summed E-state index contributed by atoms with van der Waals surface area (Å²) in [5.41, 5.74) is 13.2. The molecule has 0 radical (unpaired) electrons. The molecular weight excluding hydrogens is 719 g/mol. The van der Waals surface area contributed by atoms with Gasteiger partial charge in [0.1, 0.15) is 0 Å². The van der Waals surface area contributed by atoms with Crippen molar-refractivity contribution >= 4 is 32.6 Å². The summed E-state index contributed by atoms with van der Waals surface area (Å²) in [5.74, 6) is 1.89. The fourth-order valence-electron chi connectivity index (χ4n) is 8.28. The van der Waals surface area contributed by atoms with Gasteiger partial charge in [-0.05, 0) is 86.6 Å². The molecule has 0 atom stereocenters. The van der Waals surface area contributed by atoms with Crippen molar-refractivity contribution in [1.29, 1.82) is 0 Å². The molecule has 0 aliphatic heterocycles. The first-order valence-electron chi connectivity index (χ1n) is 19.8. The molecule has 59 heavy (non-hydrogen) atoms. The Morgan fingerprint density at radius 2 is 0.814 bits per heavy atom. The predicted octanol–water partition coefficient (Wildman–Crippen LogP) is 13.5. The molecule has 11 rings (SSSR count). The van der Waals surface area contributed by atoms with E-state index in [9.17, 15) is 0 Å². The van der Waals surface area contributed by atoms with E-state index >= 15 is 0 Å². The fraction of sp³-hybridized carbons (Fsp3) is 0. The number of rotatable bonds is 7. The molecule has 276 valence electrons. The first-order valence-corrected chi connectivity index (χ1v) is 19.8. The number of nitrogens with zero attached hydrogens (tertiary/aromatic N) is 5. The Bertz CT molecular complexity index is 3290. The molecule has 0 saturated carbocycles. The molecule has 8 aromatic carbocycles. The van der Waals surface area contributed by atoms with Gasteiger partial charge in [0, 0.05) is 45.5 Å². The summed E-state index contributed by atoms with van der Waals surface area (Å²) < 4.78 is 2.36. The highest BCUT2D eigenvalue weighted by Gasteiger charge is 2.17. The van der Waals surface area contributed by atoms with Crippen molar-refractivity contribution < 1.29 is 0 Å². The zero-order chi connectivity index (χ0) is 39.1. The lowest BCUT2D eigenvalue weighted by Gasteiger charge is -2.14. The van der Waals surface area contributed by atoms with Gasteiger partial charge in [0.2, 0.25) is 0 Å². The molecule has 3 heterocycles. The van der Waals surface area contributed by atoms with E-state index in [2.05, 4.69) is 173 Å². The minimum atomic E-state index is 0.623. The normalized spacial score (nSPS) is 11.4. The maximum absolute atomic E-state index is 5.12. The van der Waals surface area contributed by atoms with Gasteiger partial charge in [0.25, 0.3) is 0 Å². The fourth-order valence-corrected chi connectivity index (χ4v) is 8.28. The van der Waals surface area contributed by atoms with Gasteiger partial charge in [-0.2, -0.15) is 0 Å². The molecule has 0 aliphatic carbocycles. The lowest BCUT2D eigenvalue weighted by atomic mass is 9.93. The number of aromatic nitrogens is 5. The molecule has 0 amide bonds. The van der Waals surface area contributed by atoms with Crippen LogP contribution in [0.2, 0.25) is 0 Å². The average Bonchev–Trinajstić information content (AvgIpc) is 3.66. The molecule has 3 aromatic heterocycles. The molecule has 0 bridgehead atoms. The Balaban J connectivity index is 0.971. The highest BCUT2D eigenvalue weighted by molar-refractivity contribution is 6.10. The highest BCUT2D eigenvalue weighted by atomic mass is 15.0. The van der Waals surface area contributed by atoms with Crippen LogP contribution >= 0.6 is 0 Å². The molecular formula is C54H35N5. The summed E-state index contributed by atoms with van der Waals surface area (Å²) in [7, 11) is 0. The van der Waals surface area contributed by atoms with Gasteiger partial charge in [-0.1, -0.05) is 158 Å². The summed E-state index contributed by atoms with van der Waals surface area (Å²) in [5, 5.41) is 4.71. The van der Waals surface area contributed by atoms with E-state index in [4.69, 9.17) is 15.0 Å². The van der Waals surface area contributed by atoms with E-state index in [1.165, 1.54) is 32.9 Å². The molecule has 5 nitrogen and oxygen atoms in total.